The van der Waals surface area contributed by atoms with Crippen LogP contribution in [0.3, 0.4) is 0 Å². The van der Waals surface area contributed by atoms with Gasteiger partial charge in [0, 0.05) is 11.6 Å². The van der Waals surface area contributed by atoms with Gasteiger partial charge in [-0.3, -0.25) is 0 Å². The van der Waals surface area contributed by atoms with E-state index in [9.17, 15) is 4.39 Å². The Kier molecular flexibility index (Phi) is 5.00. The van der Waals surface area contributed by atoms with Gasteiger partial charge in [0.25, 0.3) is 0 Å². The summed E-state index contributed by atoms with van der Waals surface area (Å²) in [7, 11) is 0. The van der Waals surface area contributed by atoms with Crippen LogP contribution in [0.5, 0.6) is 0 Å². The molecule has 1 nitrogen and oxygen atoms in total. The van der Waals surface area contributed by atoms with Gasteiger partial charge >= 0.3 is 0 Å². The van der Waals surface area contributed by atoms with Gasteiger partial charge in [-0.25, -0.2) is 4.39 Å². The maximum absolute atomic E-state index is 14.5. The van der Waals surface area contributed by atoms with Crippen LogP contribution in [0.4, 0.5) is 4.39 Å². The third-order valence-electron chi connectivity index (χ3n) is 5.42. The van der Waals surface area contributed by atoms with Crippen LogP contribution in [0.15, 0.2) is 22.7 Å². The zero-order valence-corrected chi connectivity index (χ0v) is 14.3. The minimum atomic E-state index is -0.0886. The second kappa shape index (κ2) is 6.78. The average Bonchev–Trinajstić information content (AvgIpc) is 3.09. The van der Waals surface area contributed by atoms with E-state index in [0.717, 1.165) is 42.7 Å². The van der Waals surface area contributed by atoms with E-state index in [4.69, 9.17) is 0 Å². The minimum absolute atomic E-state index is 0.0886. The molecule has 0 amide bonds. The topological polar surface area (TPSA) is 12.0 Å². The molecule has 0 aromatic heterocycles. The molecule has 2 bridgehead atoms. The lowest BCUT2D eigenvalue weighted by molar-refractivity contribution is 0.276. The van der Waals surface area contributed by atoms with E-state index in [1.807, 2.05) is 12.1 Å². The summed E-state index contributed by atoms with van der Waals surface area (Å²) in [5, 5.41) is 3.58. The molecule has 2 aliphatic carbocycles. The van der Waals surface area contributed by atoms with Gasteiger partial charge in [0.05, 0.1) is 4.47 Å². The molecule has 4 atom stereocenters. The summed E-state index contributed by atoms with van der Waals surface area (Å²) < 4.78 is 15.0. The van der Waals surface area contributed by atoms with E-state index in [1.54, 1.807) is 6.07 Å². The Morgan fingerprint density at radius 3 is 2.86 bits per heavy atom. The van der Waals surface area contributed by atoms with E-state index in [0.29, 0.717) is 4.47 Å². The number of halogens is 2. The molecular weight excluding hydrogens is 329 g/mol. The van der Waals surface area contributed by atoms with Crippen molar-refractivity contribution in [1.29, 1.82) is 0 Å². The first-order valence-corrected chi connectivity index (χ1v) is 9.15. The van der Waals surface area contributed by atoms with E-state index in [2.05, 4.69) is 28.2 Å². The molecule has 21 heavy (non-hydrogen) atoms. The summed E-state index contributed by atoms with van der Waals surface area (Å²) in [6, 6.07) is 5.84. The number of benzene rings is 1. The predicted molar refractivity (Wildman–Crippen MR) is 88.7 cm³/mol. The molecule has 4 unspecified atom stereocenters. The molecule has 2 fully saturated rings. The minimum Gasteiger partial charge on any atom is -0.310 e. The van der Waals surface area contributed by atoms with Crippen molar-refractivity contribution >= 4 is 15.9 Å². The third kappa shape index (κ3) is 3.34. The number of hydrogen-bond acceptors (Lipinski definition) is 1. The number of rotatable bonds is 6. The molecule has 1 N–H and O–H groups in total. The van der Waals surface area contributed by atoms with Gasteiger partial charge in [0.1, 0.15) is 5.82 Å². The van der Waals surface area contributed by atoms with Crippen molar-refractivity contribution in [3.05, 3.63) is 34.1 Å². The highest BCUT2D eigenvalue weighted by Crippen LogP contribution is 2.51. The second-order valence-electron chi connectivity index (χ2n) is 6.82. The largest absolute Gasteiger partial charge is 0.310 e. The van der Waals surface area contributed by atoms with Crippen molar-refractivity contribution in [3.8, 4) is 0 Å². The molecular formula is C18H25BrFN. The van der Waals surface area contributed by atoms with E-state index in [-0.39, 0.29) is 11.9 Å². The smallest absolute Gasteiger partial charge is 0.142 e. The SMILES string of the molecule is CCCNC(CC1CC2CCC1C2)c1cccc(Br)c1F. The van der Waals surface area contributed by atoms with Crippen LogP contribution >= 0.6 is 15.9 Å². The first kappa shape index (κ1) is 15.5. The van der Waals surface area contributed by atoms with E-state index < -0.39 is 0 Å². The van der Waals surface area contributed by atoms with Crippen molar-refractivity contribution in [2.24, 2.45) is 17.8 Å². The molecule has 0 saturated heterocycles. The molecule has 116 valence electrons. The lowest BCUT2D eigenvalue weighted by Crippen LogP contribution is -2.27. The standard InChI is InChI=1S/C18H25BrFN/c1-2-8-21-17(15-4-3-5-16(19)18(15)20)11-14-10-12-6-7-13(14)9-12/h3-5,12-14,17,21H,2,6-11H2,1H3. The Morgan fingerprint density at radius 1 is 1.33 bits per heavy atom. The number of hydrogen-bond donors (Lipinski definition) is 1. The maximum atomic E-state index is 14.5. The summed E-state index contributed by atoms with van der Waals surface area (Å²) in [4.78, 5) is 0. The summed E-state index contributed by atoms with van der Waals surface area (Å²) in [5.74, 6) is 2.56. The highest BCUT2D eigenvalue weighted by molar-refractivity contribution is 9.10. The molecule has 3 rings (SSSR count). The molecule has 3 heteroatoms. The molecule has 2 saturated carbocycles. The highest BCUT2D eigenvalue weighted by Gasteiger charge is 2.40. The van der Waals surface area contributed by atoms with Crippen LogP contribution in [0.2, 0.25) is 0 Å². The normalized spacial score (nSPS) is 29.0. The van der Waals surface area contributed by atoms with Crippen molar-refractivity contribution < 1.29 is 4.39 Å². The highest BCUT2D eigenvalue weighted by atomic mass is 79.9. The molecule has 0 spiro atoms. The molecule has 1 aromatic rings. The van der Waals surface area contributed by atoms with Crippen molar-refractivity contribution in [2.75, 3.05) is 6.54 Å². The van der Waals surface area contributed by atoms with Crippen LogP contribution in [0.25, 0.3) is 0 Å². The predicted octanol–water partition coefficient (Wildman–Crippen LogP) is 5.46. The monoisotopic (exact) mass is 353 g/mol. The first-order chi connectivity index (χ1) is 10.2. The summed E-state index contributed by atoms with van der Waals surface area (Å²) in [6.45, 7) is 3.12. The maximum Gasteiger partial charge on any atom is 0.142 e. The molecule has 0 heterocycles. The zero-order valence-electron chi connectivity index (χ0n) is 12.7. The van der Waals surface area contributed by atoms with Crippen molar-refractivity contribution in [3.63, 3.8) is 0 Å². The van der Waals surface area contributed by atoms with Crippen molar-refractivity contribution in [2.45, 2.75) is 51.5 Å². The summed E-state index contributed by atoms with van der Waals surface area (Å²) in [6.07, 6.45) is 7.80. The fraction of sp³-hybridized carbons (Fsp3) is 0.667. The first-order valence-electron chi connectivity index (χ1n) is 8.36. The van der Waals surface area contributed by atoms with E-state index in [1.165, 1.54) is 25.7 Å². The van der Waals surface area contributed by atoms with Crippen molar-refractivity contribution in [1.82, 2.24) is 5.32 Å². The molecule has 0 aliphatic heterocycles. The van der Waals surface area contributed by atoms with Crippen LogP contribution < -0.4 is 5.32 Å². The molecule has 1 aromatic carbocycles. The van der Waals surface area contributed by atoms with Gasteiger partial charge in [-0.2, -0.15) is 0 Å². The second-order valence-corrected chi connectivity index (χ2v) is 7.67. The van der Waals surface area contributed by atoms with Gasteiger partial charge in [-0.05, 0) is 78.4 Å². The lowest BCUT2D eigenvalue weighted by atomic mass is 9.82. The van der Waals surface area contributed by atoms with Gasteiger partial charge in [-0.15, -0.1) is 0 Å². The van der Waals surface area contributed by atoms with Crippen LogP contribution in [0, 0.1) is 23.6 Å². The van der Waals surface area contributed by atoms with Crippen LogP contribution in [-0.4, -0.2) is 6.54 Å². The number of nitrogens with one attached hydrogen (secondary N) is 1. The third-order valence-corrected chi connectivity index (χ3v) is 6.03. The van der Waals surface area contributed by atoms with Gasteiger partial charge in [-0.1, -0.05) is 25.5 Å². The van der Waals surface area contributed by atoms with Gasteiger partial charge in [0.15, 0.2) is 0 Å². The van der Waals surface area contributed by atoms with Crippen LogP contribution in [-0.2, 0) is 0 Å². The summed E-state index contributed by atoms with van der Waals surface area (Å²) >= 11 is 3.33. The Balaban J connectivity index is 1.75. The Morgan fingerprint density at radius 2 is 2.19 bits per heavy atom. The molecule has 2 aliphatic rings. The van der Waals surface area contributed by atoms with Crippen LogP contribution in [0.1, 0.15) is 57.1 Å². The Bertz CT molecular complexity index is 490. The zero-order chi connectivity index (χ0) is 14.8. The van der Waals surface area contributed by atoms with Gasteiger partial charge < -0.3 is 5.32 Å². The molecule has 0 radical (unpaired) electrons. The Labute approximate surface area is 135 Å². The average molecular weight is 354 g/mol. The number of fused-ring (bicyclic) bond motifs is 2. The fourth-order valence-electron chi connectivity index (χ4n) is 4.40. The summed E-state index contributed by atoms with van der Waals surface area (Å²) in [5.41, 5.74) is 0.834. The lowest BCUT2D eigenvalue weighted by Gasteiger charge is -2.28. The Hall–Kier alpha value is -0.410. The quantitative estimate of drug-likeness (QED) is 0.716. The van der Waals surface area contributed by atoms with E-state index >= 15 is 0 Å². The fourth-order valence-corrected chi connectivity index (χ4v) is 4.78. The van der Waals surface area contributed by atoms with Gasteiger partial charge in [0.2, 0.25) is 0 Å².